The number of pyridine rings is 1. The van der Waals surface area contributed by atoms with Gasteiger partial charge in [0.15, 0.2) is 0 Å². The number of sulfonamides is 1. The van der Waals surface area contributed by atoms with Crippen LogP contribution in [0.2, 0.25) is 0 Å². The van der Waals surface area contributed by atoms with Gasteiger partial charge in [-0.2, -0.15) is 17.5 Å². The fourth-order valence-corrected chi connectivity index (χ4v) is 5.18. The van der Waals surface area contributed by atoms with E-state index in [9.17, 15) is 31.2 Å². The zero-order valence-electron chi connectivity index (χ0n) is 21.1. The SMILES string of the molecule is Cc1cncc2c(S(=O)(=O)N3CC[C@@H](NC(=O)CNC(=O)OC(C)(C)C)C3)cccc12.O=C(O)C(F)(F)F. The van der Waals surface area contributed by atoms with E-state index in [1.165, 1.54) is 4.31 Å². The summed E-state index contributed by atoms with van der Waals surface area (Å²) in [6, 6.07) is 4.84. The fourth-order valence-electron chi connectivity index (χ4n) is 3.49. The highest BCUT2D eigenvalue weighted by atomic mass is 32.2. The minimum absolute atomic E-state index is 0.163. The average molecular weight is 563 g/mol. The number of aryl methyl sites for hydroxylation is 1. The highest BCUT2D eigenvalue weighted by molar-refractivity contribution is 7.89. The Morgan fingerprint density at radius 2 is 1.79 bits per heavy atom. The lowest BCUT2D eigenvalue weighted by Crippen LogP contribution is -2.44. The topological polar surface area (TPSA) is 155 Å². The van der Waals surface area contributed by atoms with Crippen molar-refractivity contribution < 1.29 is 45.8 Å². The molecule has 15 heteroatoms. The van der Waals surface area contributed by atoms with E-state index in [-0.39, 0.29) is 24.0 Å². The van der Waals surface area contributed by atoms with E-state index in [4.69, 9.17) is 14.6 Å². The number of carbonyl (C=O) groups is 3. The number of fused-ring (bicyclic) bond motifs is 1. The smallest absolute Gasteiger partial charge is 0.475 e. The first-order valence-corrected chi connectivity index (χ1v) is 12.8. The van der Waals surface area contributed by atoms with Crippen LogP contribution in [0.15, 0.2) is 35.5 Å². The van der Waals surface area contributed by atoms with E-state index < -0.39 is 39.8 Å². The standard InChI is InChI=1S/C21H28N4O5S.C2HF3O2/c1-14-10-22-11-17-16(14)6-5-7-18(17)31(28,29)25-9-8-15(13-25)24-19(26)12-23-20(27)30-21(2,3)4;3-2(4,5)1(6)7/h5-7,10-11,15H,8-9,12-13H2,1-4H3,(H,23,27)(H,24,26);(H,6,7)/t15-;/m1./s1. The number of rotatable bonds is 5. The molecular formula is C23H29F3N4O7S. The van der Waals surface area contributed by atoms with Crippen molar-refractivity contribution in [3.8, 4) is 0 Å². The quantitative estimate of drug-likeness (QED) is 0.502. The number of ether oxygens (including phenoxy) is 1. The number of carbonyl (C=O) groups excluding carboxylic acids is 2. The summed E-state index contributed by atoms with van der Waals surface area (Å²) in [6.45, 7) is 7.29. The predicted octanol–water partition coefficient (Wildman–Crippen LogP) is 2.58. The zero-order valence-corrected chi connectivity index (χ0v) is 21.9. The summed E-state index contributed by atoms with van der Waals surface area (Å²) in [5, 5.41) is 13.7. The van der Waals surface area contributed by atoms with Crippen LogP contribution in [0, 0.1) is 6.92 Å². The van der Waals surface area contributed by atoms with E-state index in [0.717, 1.165) is 10.9 Å². The lowest BCUT2D eigenvalue weighted by atomic mass is 10.1. The van der Waals surface area contributed by atoms with Gasteiger partial charge in [0.05, 0.1) is 4.90 Å². The van der Waals surface area contributed by atoms with Crippen LogP contribution in [0.4, 0.5) is 18.0 Å². The molecule has 1 aromatic heterocycles. The first-order chi connectivity index (χ1) is 17.4. The van der Waals surface area contributed by atoms with E-state index in [1.54, 1.807) is 45.3 Å². The van der Waals surface area contributed by atoms with Crippen LogP contribution in [0.3, 0.4) is 0 Å². The number of hydrogen-bond acceptors (Lipinski definition) is 7. The molecule has 0 aliphatic carbocycles. The number of hydrogen-bond donors (Lipinski definition) is 3. The first-order valence-electron chi connectivity index (χ1n) is 11.3. The number of aromatic nitrogens is 1. The number of amides is 2. The molecule has 2 heterocycles. The van der Waals surface area contributed by atoms with Crippen molar-refractivity contribution in [3.05, 3.63) is 36.2 Å². The minimum atomic E-state index is -5.08. The number of carboxylic acid groups (broad SMARTS) is 1. The van der Waals surface area contributed by atoms with E-state index in [0.29, 0.717) is 18.4 Å². The largest absolute Gasteiger partial charge is 0.490 e. The molecule has 3 N–H and O–H groups in total. The van der Waals surface area contributed by atoms with Crippen molar-refractivity contribution in [2.75, 3.05) is 19.6 Å². The lowest BCUT2D eigenvalue weighted by molar-refractivity contribution is -0.192. The van der Waals surface area contributed by atoms with Crippen molar-refractivity contribution in [2.45, 2.75) is 56.8 Å². The number of nitrogens with one attached hydrogen (secondary N) is 2. The molecule has 1 atom stereocenters. The molecule has 2 aromatic rings. The van der Waals surface area contributed by atoms with Gasteiger partial charge in [-0.3, -0.25) is 9.78 Å². The Bertz CT molecular complexity index is 1290. The van der Waals surface area contributed by atoms with Crippen molar-refractivity contribution in [1.82, 2.24) is 19.9 Å². The average Bonchev–Trinajstić information content (AvgIpc) is 3.25. The number of nitrogens with zero attached hydrogens (tertiary/aromatic N) is 2. The molecule has 1 aromatic carbocycles. The number of aliphatic carboxylic acids is 1. The van der Waals surface area contributed by atoms with Crippen LogP contribution in [-0.4, -0.2) is 78.2 Å². The molecule has 0 bridgehead atoms. The highest BCUT2D eigenvalue weighted by Gasteiger charge is 2.38. The molecule has 0 spiro atoms. The summed E-state index contributed by atoms with van der Waals surface area (Å²) in [6.07, 6.45) is -2.02. The van der Waals surface area contributed by atoms with E-state index >= 15 is 0 Å². The fraction of sp³-hybridized carbons (Fsp3) is 0.478. The molecule has 3 rings (SSSR count). The molecule has 0 unspecified atom stereocenters. The minimum Gasteiger partial charge on any atom is -0.475 e. The summed E-state index contributed by atoms with van der Waals surface area (Å²) < 4.78 is 64.7. The number of carboxylic acids is 1. The van der Waals surface area contributed by atoms with Gasteiger partial charge in [-0.25, -0.2) is 18.0 Å². The molecule has 11 nitrogen and oxygen atoms in total. The molecule has 1 saturated heterocycles. The number of alkyl halides is 3. The number of benzene rings is 1. The Kier molecular flexibility index (Phi) is 9.66. The normalized spacial score (nSPS) is 16.3. The molecule has 0 radical (unpaired) electrons. The maximum atomic E-state index is 13.3. The molecule has 0 saturated carbocycles. The van der Waals surface area contributed by atoms with Crippen LogP contribution in [0.1, 0.15) is 32.8 Å². The first kappa shape index (κ1) is 30.8. The van der Waals surface area contributed by atoms with E-state index in [1.807, 2.05) is 13.0 Å². The predicted molar refractivity (Wildman–Crippen MR) is 130 cm³/mol. The Balaban J connectivity index is 0.000000638. The van der Waals surface area contributed by atoms with Gasteiger partial charge in [-0.05, 0) is 51.1 Å². The highest BCUT2D eigenvalue weighted by Crippen LogP contribution is 2.28. The number of halogens is 3. The van der Waals surface area contributed by atoms with Crippen LogP contribution in [-0.2, 0) is 24.3 Å². The van der Waals surface area contributed by atoms with Crippen LogP contribution in [0.5, 0.6) is 0 Å². The summed E-state index contributed by atoms with van der Waals surface area (Å²) in [5.74, 6) is -3.16. The van der Waals surface area contributed by atoms with Crippen LogP contribution >= 0.6 is 0 Å². The Morgan fingerprint density at radius 3 is 2.37 bits per heavy atom. The Labute approximate surface area is 217 Å². The van der Waals surface area contributed by atoms with Crippen molar-refractivity contribution >= 4 is 38.8 Å². The maximum absolute atomic E-state index is 13.3. The third-order valence-electron chi connectivity index (χ3n) is 5.13. The molecule has 38 heavy (non-hydrogen) atoms. The second-order valence-electron chi connectivity index (χ2n) is 9.38. The van der Waals surface area contributed by atoms with Gasteiger partial charge in [0, 0.05) is 36.9 Å². The van der Waals surface area contributed by atoms with Crippen molar-refractivity contribution in [2.24, 2.45) is 0 Å². The van der Waals surface area contributed by atoms with Gasteiger partial charge in [0.2, 0.25) is 15.9 Å². The second kappa shape index (κ2) is 11.9. The molecule has 2 amide bonds. The van der Waals surface area contributed by atoms with Gasteiger partial charge in [0.25, 0.3) is 0 Å². The molecule has 1 aliphatic rings. The lowest BCUT2D eigenvalue weighted by Gasteiger charge is -2.20. The van der Waals surface area contributed by atoms with Gasteiger partial charge < -0.3 is 20.5 Å². The van der Waals surface area contributed by atoms with Crippen molar-refractivity contribution in [1.29, 1.82) is 0 Å². The summed E-state index contributed by atoms with van der Waals surface area (Å²) in [4.78, 5) is 37.1. The third-order valence-corrected chi connectivity index (χ3v) is 7.05. The number of alkyl carbamates (subject to hydrolysis) is 1. The zero-order chi connectivity index (χ0) is 28.9. The summed E-state index contributed by atoms with van der Waals surface area (Å²) in [7, 11) is -3.74. The van der Waals surface area contributed by atoms with Gasteiger partial charge in [-0.1, -0.05) is 12.1 Å². The molecule has 1 fully saturated rings. The van der Waals surface area contributed by atoms with Crippen molar-refractivity contribution in [3.63, 3.8) is 0 Å². The third kappa shape index (κ3) is 8.55. The Morgan fingerprint density at radius 1 is 1.16 bits per heavy atom. The van der Waals surface area contributed by atoms with Gasteiger partial charge >= 0.3 is 18.2 Å². The molecule has 210 valence electrons. The van der Waals surface area contributed by atoms with Crippen LogP contribution in [0.25, 0.3) is 10.8 Å². The summed E-state index contributed by atoms with van der Waals surface area (Å²) >= 11 is 0. The van der Waals surface area contributed by atoms with Crippen LogP contribution < -0.4 is 10.6 Å². The molecular weight excluding hydrogens is 533 g/mol. The maximum Gasteiger partial charge on any atom is 0.490 e. The summed E-state index contributed by atoms with van der Waals surface area (Å²) in [5.41, 5.74) is 0.245. The van der Waals surface area contributed by atoms with Gasteiger partial charge in [-0.15, -0.1) is 0 Å². The molecule has 1 aliphatic heterocycles. The Hall–Kier alpha value is -3.46. The van der Waals surface area contributed by atoms with E-state index in [2.05, 4.69) is 15.6 Å². The monoisotopic (exact) mass is 562 g/mol. The second-order valence-corrected chi connectivity index (χ2v) is 11.3. The van der Waals surface area contributed by atoms with Gasteiger partial charge in [0.1, 0.15) is 12.1 Å².